The number of rotatable bonds is 6. The molecule has 0 fully saturated rings. The maximum absolute atomic E-state index is 5.91. The Balaban J connectivity index is 0.000000463. The Hall–Kier alpha value is -1.04. The minimum Gasteiger partial charge on any atom is -0.477 e. The van der Waals surface area contributed by atoms with Crippen LogP contribution < -0.4 is 10.5 Å². The van der Waals surface area contributed by atoms with Crippen molar-refractivity contribution in [3.05, 3.63) is 29.2 Å². The van der Waals surface area contributed by atoms with E-state index in [1.54, 1.807) is 6.20 Å². The van der Waals surface area contributed by atoms with Crippen LogP contribution in [-0.4, -0.2) is 34.6 Å². The molecule has 1 atom stereocenters. The van der Waals surface area contributed by atoms with Crippen molar-refractivity contribution in [2.45, 2.75) is 39.7 Å². The van der Waals surface area contributed by atoms with Gasteiger partial charge in [-0.3, -0.25) is 0 Å². The Labute approximate surface area is 148 Å². The zero-order valence-corrected chi connectivity index (χ0v) is 15.9. The van der Waals surface area contributed by atoms with Crippen LogP contribution in [0.5, 0.6) is 5.88 Å². The summed E-state index contributed by atoms with van der Waals surface area (Å²) in [6, 6.07) is 2.23. The molecule has 0 aliphatic carbocycles. The van der Waals surface area contributed by atoms with E-state index in [1.165, 1.54) is 0 Å². The average Bonchev–Trinajstić information content (AvgIpc) is 2.54. The first-order valence-electron chi connectivity index (χ1n) is 7.77. The molecule has 0 saturated carbocycles. The summed E-state index contributed by atoms with van der Waals surface area (Å²) in [5.41, 5.74) is 6.37. The SMILES string of the molecule is CCC(C)N.CSCCCOc1ncc(C)c2cc(Cl)ncc12. The van der Waals surface area contributed by atoms with Crippen molar-refractivity contribution in [1.29, 1.82) is 0 Å². The predicted octanol–water partition coefficient (Wildman–Crippen LogP) is 4.47. The summed E-state index contributed by atoms with van der Waals surface area (Å²) in [6.07, 6.45) is 7.72. The Bertz CT molecular complexity index is 608. The molecule has 1 unspecified atom stereocenters. The van der Waals surface area contributed by atoms with Crippen molar-refractivity contribution in [3.63, 3.8) is 0 Å². The van der Waals surface area contributed by atoms with E-state index in [0.29, 0.717) is 23.7 Å². The largest absolute Gasteiger partial charge is 0.477 e. The second-order valence-electron chi connectivity index (χ2n) is 5.38. The van der Waals surface area contributed by atoms with E-state index in [0.717, 1.165) is 34.9 Å². The van der Waals surface area contributed by atoms with Gasteiger partial charge in [0, 0.05) is 18.4 Å². The fraction of sp³-hybridized carbons (Fsp3) is 0.529. The van der Waals surface area contributed by atoms with Crippen molar-refractivity contribution in [2.24, 2.45) is 5.73 Å². The van der Waals surface area contributed by atoms with E-state index in [1.807, 2.05) is 37.9 Å². The average molecular weight is 356 g/mol. The standard InChI is InChI=1S/C13H15ClN2OS.C4H11N/c1-9-7-16-13(17-4-3-5-18-2)11-8-15-12(14)6-10(9)11;1-3-4(2)5/h6-8H,3-5H2,1-2H3;4H,3,5H2,1-2H3. The zero-order chi connectivity index (χ0) is 17.2. The number of pyridine rings is 2. The zero-order valence-electron chi connectivity index (χ0n) is 14.3. The van der Waals surface area contributed by atoms with Gasteiger partial charge in [-0.2, -0.15) is 11.8 Å². The van der Waals surface area contributed by atoms with E-state index in [4.69, 9.17) is 22.1 Å². The van der Waals surface area contributed by atoms with Crippen molar-refractivity contribution in [3.8, 4) is 5.88 Å². The van der Waals surface area contributed by atoms with Crippen LogP contribution in [0.3, 0.4) is 0 Å². The van der Waals surface area contributed by atoms with Crippen LogP contribution in [0.2, 0.25) is 5.15 Å². The molecule has 2 rings (SSSR count). The predicted molar refractivity (Wildman–Crippen MR) is 102 cm³/mol. The summed E-state index contributed by atoms with van der Waals surface area (Å²) >= 11 is 7.73. The highest BCUT2D eigenvalue weighted by molar-refractivity contribution is 7.98. The molecule has 23 heavy (non-hydrogen) atoms. The van der Waals surface area contributed by atoms with E-state index in [-0.39, 0.29) is 0 Å². The molecule has 0 amide bonds. The minimum atomic E-state index is 0.384. The summed E-state index contributed by atoms with van der Waals surface area (Å²) in [5, 5.41) is 2.46. The lowest BCUT2D eigenvalue weighted by molar-refractivity contribution is 0.310. The second-order valence-corrected chi connectivity index (χ2v) is 6.75. The van der Waals surface area contributed by atoms with Crippen molar-refractivity contribution >= 4 is 34.1 Å². The molecule has 0 radical (unpaired) electrons. The number of nitrogens with zero attached hydrogens (tertiary/aromatic N) is 2. The van der Waals surface area contributed by atoms with Gasteiger partial charge < -0.3 is 10.5 Å². The molecule has 128 valence electrons. The lowest BCUT2D eigenvalue weighted by Gasteiger charge is -2.09. The number of aromatic nitrogens is 2. The number of aryl methyl sites for hydroxylation is 1. The molecular weight excluding hydrogens is 330 g/mol. The molecule has 0 aromatic carbocycles. The minimum absolute atomic E-state index is 0.384. The molecule has 0 bridgehead atoms. The third-order valence-electron chi connectivity index (χ3n) is 3.28. The molecule has 0 aliphatic heterocycles. The van der Waals surface area contributed by atoms with Crippen LogP contribution in [0.25, 0.3) is 10.8 Å². The molecule has 2 aromatic rings. The summed E-state index contributed by atoms with van der Waals surface area (Å²) < 4.78 is 5.71. The van der Waals surface area contributed by atoms with Gasteiger partial charge in [0.15, 0.2) is 0 Å². The van der Waals surface area contributed by atoms with Gasteiger partial charge in [-0.1, -0.05) is 18.5 Å². The summed E-state index contributed by atoms with van der Waals surface area (Å²) in [5.74, 6) is 1.73. The van der Waals surface area contributed by atoms with Crippen LogP contribution in [-0.2, 0) is 0 Å². The Morgan fingerprint density at radius 2 is 2.00 bits per heavy atom. The monoisotopic (exact) mass is 355 g/mol. The Kier molecular flexibility index (Phi) is 9.29. The second kappa shape index (κ2) is 10.7. The van der Waals surface area contributed by atoms with E-state index in [2.05, 4.69) is 23.1 Å². The molecule has 2 N–H and O–H groups in total. The van der Waals surface area contributed by atoms with E-state index >= 15 is 0 Å². The van der Waals surface area contributed by atoms with Crippen molar-refractivity contribution in [1.82, 2.24) is 9.97 Å². The maximum atomic E-state index is 5.91. The fourth-order valence-corrected chi connectivity index (χ4v) is 2.27. The van der Waals surface area contributed by atoms with E-state index < -0.39 is 0 Å². The lowest BCUT2D eigenvalue weighted by atomic mass is 10.1. The molecule has 2 heterocycles. The number of nitrogens with two attached hydrogens (primary N) is 1. The van der Waals surface area contributed by atoms with Crippen molar-refractivity contribution < 1.29 is 4.74 Å². The first kappa shape index (κ1) is 20.0. The van der Waals surface area contributed by atoms with Crippen LogP contribution in [0, 0.1) is 6.92 Å². The lowest BCUT2D eigenvalue weighted by Crippen LogP contribution is -2.11. The summed E-state index contributed by atoms with van der Waals surface area (Å²) in [6.45, 7) is 6.75. The van der Waals surface area contributed by atoms with Gasteiger partial charge in [0.2, 0.25) is 5.88 Å². The Morgan fingerprint density at radius 3 is 2.61 bits per heavy atom. The van der Waals surface area contributed by atoms with Gasteiger partial charge in [0.05, 0.1) is 12.0 Å². The van der Waals surface area contributed by atoms with Gasteiger partial charge in [0.1, 0.15) is 5.15 Å². The van der Waals surface area contributed by atoms with Gasteiger partial charge in [-0.05, 0) is 55.7 Å². The number of hydrogen-bond donors (Lipinski definition) is 1. The highest BCUT2D eigenvalue weighted by Gasteiger charge is 2.07. The molecule has 6 heteroatoms. The van der Waals surface area contributed by atoms with Gasteiger partial charge in [0.25, 0.3) is 0 Å². The molecule has 2 aromatic heterocycles. The molecule has 4 nitrogen and oxygen atoms in total. The summed E-state index contributed by atoms with van der Waals surface area (Å²) in [7, 11) is 0. The van der Waals surface area contributed by atoms with Gasteiger partial charge >= 0.3 is 0 Å². The number of ether oxygens (including phenoxy) is 1. The quantitative estimate of drug-likeness (QED) is 0.612. The number of fused-ring (bicyclic) bond motifs is 1. The first-order chi connectivity index (χ1) is 11.0. The third-order valence-corrected chi connectivity index (χ3v) is 4.18. The van der Waals surface area contributed by atoms with Crippen LogP contribution in [0.4, 0.5) is 0 Å². The molecule has 0 aliphatic rings. The molecule has 0 saturated heterocycles. The Morgan fingerprint density at radius 1 is 1.30 bits per heavy atom. The van der Waals surface area contributed by atoms with Crippen LogP contribution in [0.15, 0.2) is 18.5 Å². The number of thioether (sulfide) groups is 1. The highest BCUT2D eigenvalue weighted by atomic mass is 35.5. The van der Waals surface area contributed by atoms with Crippen LogP contribution >= 0.6 is 23.4 Å². The van der Waals surface area contributed by atoms with Gasteiger partial charge in [-0.15, -0.1) is 0 Å². The first-order valence-corrected chi connectivity index (χ1v) is 9.54. The number of hydrogen-bond acceptors (Lipinski definition) is 5. The smallest absolute Gasteiger partial charge is 0.222 e. The highest BCUT2D eigenvalue weighted by Crippen LogP contribution is 2.27. The van der Waals surface area contributed by atoms with E-state index in [9.17, 15) is 0 Å². The summed E-state index contributed by atoms with van der Waals surface area (Å²) in [4.78, 5) is 8.42. The van der Waals surface area contributed by atoms with Crippen LogP contribution in [0.1, 0.15) is 32.3 Å². The molecule has 0 spiro atoms. The van der Waals surface area contributed by atoms with Crippen molar-refractivity contribution in [2.75, 3.05) is 18.6 Å². The molecular formula is C17H26ClN3OS. The normalized spacial score (nSPS) is 11.7. The van der Waals surface area contributed by atoms with Gasteiger partial charge in [-0.25, -0.2) is 9.97 Å². The topological polar surface area (TPSA) is 61.0 Å². The maximum Gasteiger partial charge on any atom is 0.222 e. The third kappa shape index (κ3) is 6.94. The fourth-order valence-electron chi connectivity index (χ4n) is 1.71. The number of halogens is 1.